The number of hydrogen-bond acceptors (Lipinski definition) is 2. The van der Waals surface area contributed by atoms with E-state index in [4.69, 9.17) is 0 Å². The lowest BCUT2D eigenvalue weighted by molar-refractivity contribution is 0.0692. The van der Waals surface area contributed by atoms with Gasteiger partial charge in [-0.15, -0.1) is 0 Å². The summed E-state index contributed by atoms with van der Waals surface area (Å²) in [6.45, 7) is 6.19. The van der Waals surface area contributed by atoms with Gasteiger partial charge in [0.25, 0.3) is 5.91 Å². The van der Waals surface area contributed by atoms with Crippen LogP contribution in [0.1, 0.15) is 37.6 Å². The predicted octanol–water partition coefficient (Wildman–Crippen LogP) is 2.79. The molecule has 17 heavy (non-hydrogen) atoms. The molecular weight excluding hydrogens is 221 g/mol. The van der Waals surface area contributed by atoms with Crippen molar-refractivity contribution in [2.75, 3.05) is 6.54 Å². The first-order valence-electron chi connectivity index (χ1n) is 5.81. The number of phenolic OH excluding ortho intramolecular Hbond substituents is 1. The summed E-state index contributed by atoms with van der Waals surface area (Å²) in [5, 5.41) is 9.57. The van der Waals surface area contributed by atoms with Crippen molar-refractivity contribution in [3.63, 3.8) is 0 Å². The monoisotopic (exact) mass is 239 g/mol. The fraction of sp³-hybridized carbons (Fsp3) is 0.462. The van der Waals surface area contributed by atoms with E-state index in [-0.39, 0.29) is 17.4 Å². The lowest BCUT2D eigenvalue weighted by Crippen LogP contribution is -2.38. The summed E-state index contributed by atoms with van der Waals surface area (Å²) < 4.78 is 13.6. The molecule has 0 heterocycles. The van der Waals surface area contributed by atoms with Gasteiger partial charge in [0.2, 0.25) is 0 Å². The van der Waals surface area contributed by atoms with Crippen LogP contribution in [-0.4, -0.2) is 28.5 Å². The number of rotatable bonds is 4. The zero-order valence-electron chi connectivity index (χ0n) is 10.4. The highest BCUT2D eigenvalue weighted by Crippen LogP contribution is 2.22. The van der Waals surface area contributed by atoms with Crippen molar-refractivity contribution in [3.05, 3.63) is 29.6 Å². The third-order valence-electron chi connectivity index (χ3n) is 2.93. The van der Waals surface area contributed by atoms with Gasteiger partial charge in [-0.05, 0) is 32.4 Å². The minimum atomic E-state index is -0.684. The van der Waals surface area contributed by atoms with Gasteiger partial charge < -0.3 is 10.0 Å². The summed E-state index contributed by atoms with van der Waals surface area (Å²) in [5.74, 6) is -1.45. The van der Waals surface area contributed by atoms with Gasteiger partial charge in [-0.1, -0.05) is 13.0 Å². The maximum atomic E-state index is 13.6. The normalized spacial score (nSPS) is 12.2. The smallest absolute Gasteiger partial charge is 0.260 e. The number of halogens is 1. The number of nitrogens with zero attached hydrogens (tertiary/aromatic N) is 1. The quantitative estimate of drug-likeness (QED) is 0.877. The average Bonchev–Trinajstić information content (AvgIpc) is 2.29. The van der Waals surface area contributed by atoms with Gasteiger partial charge in [-0.25, -0.2) is 4.39 Å². The van der Waals surface area contributed by atoms with Crippen molar-refractivity contribution < 1.29 is 14.3 Å². The Morgan fingerprint density at radius 2 is 2.12 bits per heavy atom. The van der Waals surface area contributed by atoms with Crippen LogP contribution in [-0.2, 0) is 0 Å². The molecule has 1 unspecified atom stereocenters. The van der Waals surface area contributed by atoms with Crippen molar-refractivity contribution in [2.45, 2.75) is 33.2 Å². The van der Waals surface area contributed by atoms with Crippen LogP contribution in [0.5, 0.6) is 5.75 Å². The minimum Gasteiger partial charge on any atom is -0.507 e. The molecule has 1 rings (SSSR count). The topological polar surface area (TPSA) is 40.5 Å². The molecule has 0 saturated carbocycles. The first kappa shape index (κ1) is 13.5. The molecule has 0 bridgehead atoms. The lowest BCUT2D eigenvalue weighted by Gasteiger charge is -2.27. The van der Waals surface area contributed by atoms with Gasteiger partial charge in [0, 0.05) is 12.6 Å². The molecule has 0 aliphatic carbocycles. The van der Waals surface area contributed by atoms with Gasteiger partial charge >= 0.3 is 0 Å². The molecule has 0 fully saturated rings. The molecule has 0 aromatic heterocycles. The largest absolute Gasteiger partial charge is 0.507 e. The summed E-state index contributed by atoms with van der Waals surface area (Å²) >= 11 is 0. The fourth-order valence-corrected chi connectivity index (χ4v) is 1.74. The number of carbonyl (C=O) groups excluding carboxylic acids is 1. The van der Waals surface area contributed by atoms with Crippen LogP contribution in [0, 0.1) is 5.82 Å². The zero-order chi connectivity index (χ0) is 13.0. The lowest BCUT2D eigenvalue weighted by atomic mass is 10.1. The maximum absolute atomic E-state index is 13.6. The van der Waals surface area contributed by atoms with E-state index >= 15 is 0 Å². The second-order valence-corrected chi connectivity index (χ2v) is 3.98. The molecule has 3 nitrogen and oxygen atoms in total. The van der Waals surface area contributed by atoms with E-state index < -0.39 is 11.7 Å². The molecule has 0 radical (unpaired) electrons. The van der Waals surface area contributed by atoms with Gasteiger partial charge in [0.1, 0.15) is 17.1 Å². The summed E-state index contributed by atoms with van der Waals surface area (Å²) in [6.07, 6.45) is 0.787. The van der Waals surface area contributed by atoms with Gasteiger partial charge in [-0.2, -0.15) is 0 Å². The van der Waals surface area contributed by atoms with E-state index in [0.29, 0.717) is 6.54 Å². The van der Waals surface area contributed by atoms with Gasteiger partial charge in [0.15, 0.2) is 0 Å². The number of amides is 1. The Labute approximate surface area is 101 Å². The van der Waals surface area contributed by atoms with Crippen molar-refractivity contribution >= 4 is 5.91 Å². The molecule has 4 heteroatoms. The summed E-state index contributed by atoms with van der Waals surface area (Å²) in [7, 11) is 0. The van der Waals surface area contributed by atoms with Crippen LogP contribution in [0.4, 0.5) is 4.39 Å². The van der Waals surface area contributed by atoms with Crippen LogP contribution in [0.3, 0.4) is 0 Å². The molecule has 1 atom stereocenters. The molecule has 94 valence electrons. The highest BCUT2D eigenvalue weighted by molar-refractivity contribution is 5.97. The zero-order valence-corrected chi connectivity index (χ0v) is 10.4. The van der Waals surface area contributed by atoms with Gasteiger partial charge in [-0.3, -0.25) is 4.79 Å². The van der Waals surface area contributed by atoms with E-state index in [0.717, 1.165) is 6.42 Å². The molecule has 0 aliphatic heterocycles. The van der Waals surface area contributed by atoms with Crippen LogP contribution in [0.15, 0.2) is 18.2 Å². The van der Waals surface area contributed by atoms with E-state index in [1.54, 1.807) is 4.90 Å². The third kappa shape index (κ3) is 2.75. The number of hydrogen-bond donors (Lipinski definition) is 1. The van der Waals surface area contributed by atoms with Crippen LogP contribution < -0.4 is 0 Å². The predicted molar refractivity (Wildman–Crippen MR) is 64.5 cm³/mol. The third-order valence-corrected chi connectivity index (χ3v) is 2.93. The molecule has 1 aromatic carbocycles. The first-order valence-corrected chi connectivity index (χ1v) is 5.81. The van der Waals surface area contributed by atoms with Crippen molar-refractivity contribution in [1.29, 1.82) is 0 Å². The SMILES string of the molecule is CCC(C)N(CC)C(=O)c1c(O)cccc1F. The van der Waals surface area contributed by atoms with Crippen LogP contribution in [0.25, 0.3) is 0 Å². The summed E-state index contributed by atoms with van der Waals surface area (Å²) in [5.41, 5.74) is -0.241. The molecule has 0 aliphatic rings. The summed E-state index contributed by atoms with van der Waals surface area (Å²) in [6, 6.07) is 3.89. The molecule has 1 aromatic rings. The average molecular weight is 239 g/mol. The highest BCUT2D eigenvalue weighted by Gasteiger charge is 2.24. The van der Waals surface area contributed by atoms with E-state index in [1.807, 2.05) is 20.8 Å². The Morgan fingerprint density at radius 1 is 1.47 bits per heavy atom. The van der Waals surface area contributed by atoms with E-state index in [9.17, 15) is 14.3 Å². The Bertz CT molecular complexity index is 386. The molecule has 0 spiro atoms. The number of aromatic hydroxyl groups is 1. The minimum absolute atomic E-state index is 0.0199. The molecule has 0 saturated heterocycles. The maximum Gasteiger partial charge on any atom is 0.260 e. The molecule has 1 amide bonds. The van der Waals surface area contributed by atoms with Gasteiger partial charge in [0.05, 0.1) is 0 Å². The second-order valence-electron chi connectivity index (χ2n) is 3.98. The van der Waals surface area contributed by atoms with E-state index in [2.05, 4.69) is 0 Å². The van der Waals surface area contributed by atoms with Crippen LogP contribution >= 0.6 is 0 Å². The highest BCUT2D eigenvalue weighted by atomic mass is 19.1. The Kier molecular flexibility index (Phi) is 4.49. The van der Waals surface area contributed by atoms with Crippen molar-refractivity contribution in [3.8, 4) is 5.75 Å². The van der Waals surface area contributed by atoms with Crippen molar-refractivity contribution in [2.24, 2.45) is 0 Å². The number of benzene rings is 1. The van der Waals surface area contributed by atoms with Crippen LogP contribution in [0.2, 0.25) is 0 Å². The molecule has 1 N–H and O–H groups in total. The van der Waals surface area contributed by atoms with Crippen molar-refractivity contribution in [1.82, 2.24) is 4.90 Å². The number of carbonyl (C=O) groups is 1. The summed E-state index contributed by atoms with van der Waals surface area (Å²) in [4.78, 5) is 13.7. The molecular formula is C13H18FNO2. The number of phenols is 1. The standard InChI is InChI=1S/C13H18FNO2/c1-4-9(3)15(5-2)13(17)12-10(14)7-6-8-11(12)16/h6-9,16H,4-5H2,1-3H3. The Balaban J connectivity index is 3.10. The van der Waals surface area contributed by atoms with E-state index in [1.165, 1.54) is 18.2 Å². The first-order chi connectivity index (χ1) is 8.02. The second kappa shape index (κ2) is 5.66. The Hall–Kier alpha value is -1.58. The fourth-order valence-electron chi connectivity index (χ4n) is 1.74. The Morgan fingerprint density at radius 3 is 2.59 bits per heavy atom.